The number of fused-ring (bicyclic) bond motifs is 1. The maximum absolute atomic E-state index is 14.6. The van der Waals surface area contributed by atoms with Gasteiger partial charge in [0.15, 0.2) is 9.84 Å². The third kappa shape index (κ3) is 4.91. The molecule has 186 valence electrons. The Morgan fingerprint density at radius 2 is 1.94 bits per heavy atom. The summed E-state index contributed by atoms with van der Waals surface area (Å²) < 4.78 is 52.3. The van der Waals surface area contributed by atoms with Crippen LogP contribution in [-0.2, 0) is 14.6 Å². The molecule has 5 rings (SSSR count). The van der Waals surface area contributed by atoms with Crippen LogP contribution < -0.4 is 5.32 Å². The van der Waals surface area contributed by atoms with Gasteiger partial charge in [-0.3, -0.25) is 14.6 Å². The summed E-state index contributed by atoms with van der Waals surface area (Å²) in [5, 5.41) is 2.54. The number of amides is 2. The molecule has 1 N–H and O–H groups in total. The molecule has 0 bridgehead atoms. The summed E-state index contributed by atoms with van der Waals surface area (Å²) >= 11 is 5.68. The monoisotopic (exact) mass is 523 g/mol. The first kappa shape index (κ1) is 24.1. The fourth-order valence-corrected chi connectivity index (χ4v) is 5.79. The normalized spacial score (nSPS) is 24.1. The molecule has 35 heavy (non-hydrogen) atoms. The number of nitrogens with zero attached hydrogens (tertiary/aromatic N) is 2. The van der Waals surface area contributed by atoms with E-state index >= 15 is 0 Å². The van der Waals surface area contributed by atoms with Gasteiger partial charge >= 0.3 is 0 Å². The maximum Gasteiger partial charge on any atom is 0.255 e. The molecule has 2 aliphatic carbocycles. The van der Waals surface area contributed by atoms with E-state index in [1.165, 1.54) is 18.5 Å². The van der Waals surface area contributed by atoms with Crippen molar-refractivity contribution in [2.24, 2.45) is 17.8 Å². The fourth-order valence-electron chi connectivity index (χ4n) is 5.05. The van der Waals surface area contributed by atoms with E-state index in [9.17, 15) is 26.8 Å². The Bertz CT molecular complexity index is 1320. The van der Waals surface area contributed by atoms with Crippen LogP contribution in [0.4, 0.5) is 8.78 Å². The molecule has 11 heteroatoms. The molecular weight excluding hydrogens is 500 g/mol. The molecule has 2 amide bonds. The fraction of sp³-hybridized carbons (Fsp3) is 0.458. The molecule has 1 aromatic carbocycles. The van der Waals surface area contributed by atoms with Crippen LogP contribution in [0.25, 0.3) is 0 Å². The molecule has 1 aliphatic heterocycles. The van der Waals surface area contributed by atoms with Gasteiger partial charge < -0.3 is 10.2 Å². The molecule has 1 aromatic heterocycles. The molecule has 0 radical (unpaired) electrons. The predicted molar refractivity (Wildman–Crippen MR) is 123 cm³/mol. The number of hydrogen-bond donors (Lipinski definition) is 1. The molecule has 3 fully saturated rings. The lowest BCUT2D eigenvalue weighted by Gasteiger charge is -2.28. The zero-order valence-electron chi connectivity index (χ0n) is 18.9. The number of carbonyl (C=O) groups is 2. The van der Waals surface area contributed by atoms with Crippen molar-refractivity contribution in [1.82, 2.24) is 15.2 Å². The van der Waals surface area contributed by atoms with Crippen molar-refractivity contribution in [3.8, 4) is 0 Å². The average Bonchev–Trinajstić information content (AvgIpc) is 3.73. The first-order chi connectivity index (χ1) is 16.5. The third-order valence-electron chi connectivity index (χ3n) is 7.13. The van der Waals surface area contributed by atoms with E-state index in [4.69, 9.17) is 11.6 Å². The van der Waals surface area contributed by atoms with Crippen molar-refractivity contribution < 1.29 is 26.8 Å². The zero-order chi connectivity index (χ0) is 25.1. The third-order valence-corrected chi connectivity index (χ3v) is 8.50. The van der Waals surface area contributed by atoms with Gasteiger partial charge in [-0.1, -0.05) is 11.6 Å². The molecule has 4 atom stereocenters. The molecule has 0 spiro atoms. The Balaban J connectivity index is 1.32. The number of nitrogens with one attached hydrogen (secondary N) is 1. The minimum Gasteiger partial charge on any atom is -0.349 e. The first-order valence-electron chi connectivity index (χ1n) is 11.4. The van der Waals surface area contributed by atoms with Gasteiger partial charge in [0, 0.05) is 43.2 Å². The molecule has 3 aliphatic rings. The van der Waals surface area contributed by atoms with Gasteiger partial charge in [-0.2, -0.15) is 0 Å². The van der Waals surface area contributed by atoms with Crippen molar-refractivity contribution in [2.45, 2.75) is 42.7 Å². The number of benzene rings is 1. The second-order valence-electron chi connectivity index (χ2n) is 9.74. The Morgan fingerprint density at radius 1 is 1.20 bits per heavy atom. The van der Waals surface area contributed by atoms with Gasteiger partial charge in [0.25, 0.3) is 5.91 Å². The van der Waals surface area contributed by atoms with Gasteiger partial charge in [-0.15, -0.1) is 0 Å². The number of sulfone groups is 1. The minimum absolute atomic E-state index is 0.00817. The van der Waals surface area contributed by atoms with Crippen molar-refractivity contribution in [1.29, 1.82) is 0 Å². The smallest absolute Gasteiger partial charge is 0.255 e. The standard InChI is InChI=1S/C24H24ClF2N3O4S/c1-35(33,34)15-4-13(9-28-10-15)24(32)30-11-14-5-16(14)21(30)8-22(31)29-23(12-2-3-12)17-6-20(27)18(25)7-19(17)26/h4,6-7,9-10,12,14,16,21,23H,2-3,5,8,11H2,1H3,(H,29,31)/t14-,16-,21+,23-/m1/s1. The van der Waals surface area contributed by atoms with E-state index in [1.807, 2.05) is 0 Å². The number of aromatic nitrogens is 1. The summed E-state index contributed by atoms with van der Waals surface area (Å²) in [7, 11) is -3.53. The van der Waals surface area contributed by atoms with E-state index < -0.39 is 27.5 Å². The van der Waals surface area contributed by atoms with Gasteiger partial charge in [-0.05, 0) is 55.2 Å². The van der Waals surface area contributed by atoms with E-state index in [2.05, 4.69) is 10.3 Å². The van der Waals surface area contributed by atoms with E-state index in [0.29, 0.717) is 12.5 Å². The lowest BCUT2D eigenvalue weighted by molar-refractivity contribution is -0.123. The van der Waals surface area contributed by atoms with Crippen molar-refractivity contribution >= 4 is 33.3 Å². The van der Waals surface area contributed by atoms with Crippen LogP contribution in [0.5, 0.6) is 0 Å². The summed E-state index contributed by atoms with van der Waals surface area (Å²) in [6, 6.07) is 2.21. The highest BCUT2D eigenvalue weighted by Gasteiger charge is 2.54. The Morgan fingerprint density at radius 3 is 2.63 bits per heavy atom. The van der Waals surface area contributed by atoms with Gasteiger partial charge in [0.1, 0.15) is 11.6 Å². The van der Waals surface area contributed by atoms with Crippen LogP contribution in [0.15, 0.2) is 35.5 Å². The summed E-state index contributed by atoms with van der Waals surface area (Å²) in [5.41, 5.74) is 0.212. The van der Waals surface area contributed by atoms with Crippen molar-refractivity contribution in [2.75, 3.05) is 12.8 Å². The topological polar surface area (TPSA) is 96.4 Å². The quantitative estimate of drug-likeness (QED) is 0.560. The van der Waals surface area contributed by atoms with Crippen LogP contribution in [0.3, 0.4) is 0 Å². The van der Waals surface area contributed by atoms with Gasteiger partial charge in [-0.25, -0.2) is 17.2 Å². The van der Waals surface area contributed by atoms with Gasteiger partial charge in [0.05, 0.1) is 21.5 Å². The summed E-state index contributed by atoms with van der Waals surface area (Å²) in [4.78, 5) is 31.7. The van der Waals surface area contributed by atoms with E-state index in [1.54, 1.807) is 4.90 Å². The molecule has 2 saturated carbocycles. The molecule has 1 saturated heterocycles. The lowest BCUT2D eigenvalue weighted by Crippen LogP contribution is -2.42. The number of halogens is 3. The van der Waals surface area contributed by atoms with Crippen molar-refractivity contribution in [3.05, 3.63) is 58.4 Å². The number of likely N-dealkylation sites (tertiary alicyclic amines) is 1. The minimum atomic E-state index is -3.53. The summed E-state index contributed by atoms with van der Waals surface area (Å²) in [6.07, 6.45) is 6.06. The van der Waals surface area contributed by atoms with Crippen LogP contribution in [-0.4, -0.2) is 49.0 Å². The predicted octanol–water partition coefficient (Wildman–Crippen LogP) is 3.53. The molecular formula is C24H24ClF2N3O4S. The molecule has 0 unspecified atom stereocenters. The number of hydrogen-bond acceptors (Lipinski definition) is 5. The second kappa shape index (κ2) is 8.81. The highest BCUT2D eigenvalue weighted by atomic mass is 35.5. The highest BCUT2D eigenvalue weighted by Crippen LogP contribution is 2.51. The van der Waals surface area contributed by atoms with E-state index in [0.717, 1.165) is 37.7 Å². The maximum atomic E-state index is 14.6. The number of piperidine rings is 1. The molecule has 7 nitrogen and oxygen atoms in total. The number of rotatable bonds is 7. The summed E-state index contributed by atoms with van der Waals surface area (Å²) in [5.74, 6) is -1.67. The van der Waals surface area contributed by atoms with Crippen LogP contribution >= 0.6 is 11.6 Å². The van der Waals surface area contributed by atoms with Crippen LogP contribution in [0, 0.1) is 29.4 Å². The lowest BCUT2D eigenvalue weighted by atomic mass is 10.00. The van der Waals surface area contributed by atoms with Crippen LogP contribution in [0.1, 0.15) is 47.6 Å². The van der Waals surface area contributed by atoms with E-state index in [-0.39, 0.29) is 57.2 Å². The SMILES string of the molecule is CS(=O)(=O)c1cncc(C(=O)N2C[C@H]3C[C@H]3[C@@H]2CC(=O)N[C@@H](c2cc(F)c(Cl)cc2F)C2CC2)c1. The average molecular weight is 524 g/mol. The molecule has 2 heterocycles. The first-order valence-corrected chi connectivity index (χ1v) is 13.7. The van der Waals surface area contributed by atoms with Crippen LogP contribution in [0.2, 0.25) is 5.02 Å². The number of carbonyl (C=O) groups excluding carboxylic acids is 2. The molecule has 2 aromatic rings. The highest BCUT2D eigenvalue weighted by molar-refractivity contribution is 7.90. The Kier molecular flexibility index (Phi) is 6.07. The van der Waals surface area contributed by atoms with Crippen molar-refractivity contribution in [3.63, 3.8) is 0 Å². The second-order valence-corrected chi connectivity index (χ2v) is 12.2. The number of pyridine rings is 1. The largest absolute Gasteiger partial charge is 0.349 e. The Hall–Kier alpha value is -2.59. The summed E-state index contributed by atoms with van der Waals surface area (Å²) in [6.45, 7) is 0.480. The van der Waals surface area contributed by atoms with Gasteiger partial charge in [0.2, 0.25) is 5.91 Å². The zero-order valence-corrected chi connectivity index (χ0v) is 20.5. The Labute approximate surface area is 206 Å².